The first-order valence-electron chi connectivity index (χ1n) is 5.27. The normalized spacial score (nSPS) is 23.0. The van der Waals surface area contributed by atoms with E-state index in [0.29, 0.717) is 13.1 Å². The topological polar surface area (TPSA) is 69.6 Å². The molecule has 2 atom stereocenters. The van der Waals surface area contributed by atoms with Crippen molar-refractivity contribution in [1.82, 2.24) is 10.2 Å². The van der Waals surface area contributed by atoms with Crippen LogP contribution in [0.1, 0.15) is 20.3 Å². The molecular weight excluding hydrogens is 196 g/mol. The lowest BCUT2D eigenvalue weighted by Gasteiger charge is -2.15. The summed E-state index contributed by atoms with van der Waals surface area (Å²) in [5, 5.41) is 11.5. The molecule has 0 aliphatic carbocycles. The van der Waals surface area contributed by atoms with Gasteiger partial charge in [0.15, 0.2) is 0 Å². The number of carbonyl (C=O) groups is 2. The van der Waals surface area contributed by atoms with Crippen LogP contribution in [-0.4, -0.2) is 47.6 Å². The predicted octanol–water partition coefficient (Wildman–Crippen LogP) is -0.648. The fourth-order valence-electron chi connectivity index (χ4n) is 1.66. The Hall–Kier alpha value is -1.10. The summed E-state index contributed by atoms with van der Waals surface area (Å²) in [4.78, 5) is 24.7. The molecule has 5 nitrogen and oxygen atoms in total. The highest BCUT2D eigenvalue weighted by Gasteiger charge is 2.33. The highest BCUT2D eigenvalue weighted by atomic mass is 16.3. The fourth-order valence-corrected chi connectivity index (χ4v) is 1.66. The van der Waals surface area contributed by atoms with E-state index in [0.717, 1.165) is 0 Å². The van der Waals surface area contributed by atoms with E-state index < -0.39 is 0 Å². The predicted molar refractivity (Wildman–Crippen MR) is 55.1 cm³/mol. The molecule has 86 valence electrons. The van der Waals surface area contributed by atoms with Crippen molar-refractivity contribution in [2.24, 2.45) is 5.92 Å². The Labute approximate surface area is 89.4 Å². The van der Waals surface area contributed by atoms with Crippen molar-refractivity contribution in [2.45, 2.75) is 26.3 Å². The maximum atomic E-state index is 11.6. The quantitative estimate of drug-likeness (QED) is 0.653. The number of nitrogens with one attached hydrogen (secondary N) is 1. The second kappa shape index (κ2) is 5.11. The van der Waals surface area contributed by atoms with Crippen LogP contribution in [0.2, 0.25) is 0 Å². The third-order valence-corrected chi connectivity index (χ3v) is 2.63. The molecule has 5 heteroatoms. The maximum absolute atomic E-state index is 11.6. The summed E-state index contributed by atoms with van der Waals surface area (Å²) >= 11 is 0. The number of amides is 2. The molecule has 2 amide bonds. The number of rotatable bonds is 4. The summed E-state index contributed by atoms with van der Waals surface area (Å²) in [5.41, 5.74) is 0. The molecule has 1 rings (SSSR count). The zero-order valence-electron chi connectivity index (χ0n) is 9.19. The lowest BCUT2D eigenvalue weighted by atomic mass is 10.1. The van der Waals surface area contributed by atoms with Crippen molar-refractivity contribution in [3.8, 4) is 0 Å². The van der Waals surface area contributed by atoms with Crippen molar-refractivity contribution >= 4 is 11.8 Å². The van der Waals surface area contributed by atoms with Crippen molar-refractivity contribution in [3.05, 3.63) is 0 Å². The second-order valence-electron chi connectivity index (χ2n) is 3.93. The Morgan fingerprint density at radius 3 is 2.87 bits per heavy atom. The highest BCUT2D eigenvalue weighted by molar-refractivity contribution is 5.89. The Balaban J connectivity index is 2.46. The summed E-state index contributed by atoms with van der Waals surface area (Å²) in [6, 6.07) is -0.247. The molecule has 0 bridgehead atoms. The van der Waals surface area contributed by atoms with E-state index >= 15 is 0 Å². The molecule has 0 saturated carbocycles. The van der Waals surface area contributed by atoms with Gasteiger partial charge in [-0.15, -0.1) is 0 Å². The minimum atomic E-state index is -0.258. The Morgan fingerprint density at radius 2 is 2.40 bits per heavy atom. The van der Waals surface area contributed by atoms with E-state index in [4.69, 9.17) is 5.11 Å². The first-order valence-corrected chi connectivity index (χ1v) is 5.27. The van der Waals surface area contributed by atoms with Crippen LogP contribution >= 0.6 is 0 Å². The summed E-state index contributed by atoms with van der Waals surface area (Å²) in [5.74, 6) is -0.360. The van der Waals surface area contributed by atoms with Crippen LogP contribution in [0, 0.1) is 5.92 Å². The van der Waals surface area contributed by atoms with Gasteiger partial charge in [0.25, 0.3) is 0 Å². The maximum Gasteiger partial charge on any atom is 0.225 e. The van der Waals surface area contributed by atoms with Gasteiger partial charge in [-0.3, -0.25) is 9.59 Å². The molecule has 1 aliphatic heterocycles. The van der Waals surface area contributed by atoms with Crippen LogP contribution in [0.3, 0.4) is 0 Å². The number of likely N-dealkylation sites (tertiary alicyclic amines) is 1. The van der Waals surface area contributed by atoms with Crippen molar-refractivity contribution in [2.75, 3.05) is 19.7 Å². The minimum Gasteiger partial charge on any atom is -0.394 e. The Bertz CT molecular complexity index is 255. The largest absolute Gasteiger partial charge is 0.394 e. The molecule has 0 radical (unpaired) electrons. The number of aliphatic hydroxyl groups is 1. The van der Waals surface area contributed by atoms with Gasteiger partial charge in [0.1, 0.15) is 0 Å². The molecule has 0 aromatic heterocycles. The highest BCUT2D eigenvalue weighted by Crippen LogP contribution is 2.17. The van der Waals surface area contributed by atoms with E-state index in [1.54, 1.807) is 11.8 Å². The van der Waals surface area contributed by atoms with Crippen molar-refractivity contribution < 1.29 is 14.7 Å². The van der Waals surface area contributed by atoms with Gasteiger partial charge < -0.3 is 15.3 Å². The molecule has 1 saturated heterocycles. The molecule has 2 N–H and O–H groups in total. The number of hydrogen-bond acceptors (Lipinski definition) is 3. The van der Waals surface area contributed by atoms with Gasteiger partial charge in [-0.1, -0.05) is 0 Å². The fraction of sp³-hybridized carbons (Fsp3) is 0.800. The van der Waals surface area contributed by atoms with Crippen molar-refractivity contribution in [3.63, 3.8) is 0 Å². The lowest BCUT2D eigenvalue weighted by molar-refractivity contribution is -0.129. The molecule has 0 spiro atoms. The lowest BCUT2D eigenvalue weighted by Crippen LogP contribution is -2.40. The third kappa shape index (κ3) is 2.92. The molecule has 1 unspecified atom stereocenters. The number of nitrogens with zero attached hydrogens (tertiary/aromatic N) is 1. The van der Waals surface area contributed by atoms with Crippen LogP contribution in [-0.2, 0) is 9.59 Å². The second-order valence-corrected chi connectivity index (χ2v) is 3.93. The van der Waals surface area contributed by atoms with E-state index in [1.165, 1.54) is 0 Å². The van der Waals surface area contributed by atoms with E-state index in [1.807, 2.05) is 6.92 Å². The van der Waals surface area contributed by atoms with Gasteiger partial charge in [-0.2, -0.15) is 0 Å². The first kappa shape index (κ1) is 12.0. The zero-order valence-corrected chi connectivity index (χ0v) is 9.19. The summed E-state index contributed by atoms with van der Waals surface area (Å²) < 4.78 is 0. The monoisotopic (exact) mass is 214 g/mol. The molecule has 1 aliphatic rings. The van der Waals surface area contributed by atoms with Gasteiger partial charge in [0, 0.05) is 25.6 Å². The van der Waals surface area contributed by atoms with Crippen LogP contribution < -0.4 is 5.32 Å². The SMILES string of the molecule is CCN1CC(C(=O)N[C@@H](C)CO)CC1=O. The van der Waals surface area contributed by atoms with Gasteiger partial charge in [-0.25, -0.2) is 0 Å². The summed E-state index contributed by atoms with van der Waals surface area (Å²) in [6.07, 6.45) is 0.290. The number of carbonyl (C=O) groups excluding carboxylic acids is 2. The average molecular weight is 214 g/mol. The molecule has 15 heavy (non-hydrogen) atoms. The summed E-state index contributed by atoms with van der Waals surface area (Å²) in [7, 11) is 0. The third-order valence-electron chi connectivity index (χ3n) is 2.63. The average Bonchev–Trinajstić information content (AvgIpc) is 2.59. The molecule has 0 aromatic rings. The summed E-state index contributed by atoms with van der Waals surface area (Å²) in [6.45, 7) is 4.70. The molecular formula is C10H18N2O3. The van der Waals surface area contributed by atoms with Crippen LogP contribution in [0.15, 0.2) is 0 Å². The Morgan fingerprint density at radius 1 is 1.73 bits per heavy atom. The standard InChI is InChI=1S/C10H18N2O3/c1-3-12-5-8(4-9(12)14)10(15)11-7(2)6-13/h7-8,13H,3-6H2,1-2H3,(H,11,15)/t7-,8?/m0/s1. The molecule has 0 aromatic carbocycles. The molecule has 1 fully saturated rings. The van der Waals surface area contributed by atoms with Gasteiger partial charge in [0.05, 0.1) is 12.5 Å². The Kier molecular flexibility index (Phi) is 4.08. The zero-order chi connectivity index (χ0) is 11.4. The van der Waals surface area contributed by atoms with E-state index in [9.17, 15) is 9.59 Å². The first-order chi connectivity index (χ1) is 7.08. The van der Waals surface area contributed by atoms with Crippen LogP contribution in [0.5, 0.6) is 0 Å². The van der Waals surface area contributed by atoms with Gasteiger partial charge in [-0.05, 0) is 13.8 Å². The minimum absolute atomic E-state index is 0.0364. The smallest absolute Gasteiger partial charge is 0.225 e. The van der Waals surface area contributed by atoms with Gasteiger partial charge in [0.2, 0.25) is 11.8 Å². The van der Waals surface area contributed by atoms with E-state index in [2.05, 4.69) is 5.32 Å². The number of aliphatic hydroxyl groups excluding tert-OH is 1. The van der Waals surface area contributed by atoms with Crippen molar-refractivity contribution in [1.29, 1.82) is 0 Å². The van der Waals surface area contributed by atoms with E-state index in [-0.39, 0.29) is 36.8 Å². The molecule has 1 heterocycles. The number of hydrogen-bond donors (Lipinski definition) is 2. The van der Waals surface area contributed by atoms with Gasteiger partial charge >= 0.3 is 0 Å². The van der Waals surface area contributed by atoms with Crippen LogP contribution in [0.25, 0.3) is 0 Å². The van der Waals surface area contributed by atoms with Crippen LogP contribution in [0.4, 0.5) is 0 Å².